The normalized spacial score (nSPS) is 15.0. The number of rotatable bonds is 7. The van der Waals surface area contributed by atoms with Gasteiger partial charge in [0.05, 0.1) is 0 Å². The van der Waals surface area contributed by atoms with Crippen molar-refractivity contribution >= 4 is 44.4 Å². The molecule has 1 aliphatic carbocycles. The Labute approximate surface area is 289 Å². The van der Waals surface area contributed by atoms with Gasteiger partial charge in [-0.05, 0) is 154 Å². The summed E-state index contributed by atoms with van der Waals surface area (Å²) in [5.74, 6) is -1.14. The number of anilines is 2. The number of allylic oxidation sites excluding steroid dienone is 4. The molecular formula is C41H43N2O5S+. The Balaban J connectivity index is 1.71. The van der Waals surface area contributed by atoms with Gasteiger partial charge in [-0.25, -0.2) is 9.79 Å². The summed E-state index contributed by atoms with van der Waals surface area (Å²) in [6.07, 6.45) is 5.03. The van der Waals surface area contributed by atoms with Gasteiger partial charge in [0.2, 0.25) is 11.4 Å². The van der Waals surface area contributed by atoms with Crippen LogP contribution in [0, 0.1) is 62.3 Å². The SMILES string of the molecule is Cc1ccc(C(=C2C=CC(=[NH+]c3c(C)cc(C)c(C)c3C)C(C(=O)O)=C2)c2ccc(Nc3c(C)cc(C)c(C)c3C)cc2)c(S(=O)(=O)O)c1. The summed E-state index contributed by atoms with van der Waals surface area (Å²) in [4.78, 5) is 15.8. The van der Waals surface area contributed by atoms with Crippen LogP contribution in [-0.4, -0.2) is 29.8 Å². The average Bonchev–Trinajstić information content (AvgIpc) is 3.04. The Morgan fingerprint density at radius 1 is 0.714 bits per heavy atom. The van der Waals surface area contributed by atoms with Crippen LogP contribution in [0.25, 0.3) is 5.57 Å². The van der Waals surface area contributed by atoms with Gasteiger partial charge in [0.25, 0.3) is 10.1 Å². The molecule has 7 nitrogen and oxygen atoms in total. The minimum Gasteiger partial charge on any atom is -0.477 e. The molecule has 0 spiro atoms. The molecule has 0 aliphatic heterocycles. The quantitative estimate of drug-likeness (QED) is 0.149. The molecule has 0 atom stereocenters. The molecule has 252 valence electrons. The number of benzene rings is 4. The maximum absolute atomic E-state index is 12.7. The van der Waals surface area contributed by atoms with Gasteiger partial charge in [0, 0.05) is 34.1 Å². The minimum atomic E-state index is -4.64. The van der Waals surface area contributed by atoms with Crippen LogP contribution < -0.4 is 10.3 Å². The molecule has 8 heteroatoms. The molecule has 5 rings (SSSR count). The zero-order valence-corrected chi connectivity index (χ0v) is 30.3. The first-order chi connectivity index (χ1) is 23.0. The highest BCUT2D eigenvalue weighted by Crippen LogP contribution is 2.36. The Kier molecular flexibility index (Phi) is 9.68. The molecular weight excluding hydrogens is 633 g/mol. The van der Waals surface area contributed by atoms with E-state index in [4.69, 9.17) is 0 Å². The fourth-order valence-electron chi connectivity index (χ4n) is 6.47. The van der Waals surface area contributed by atoms with Gasteiger partial charge in [0.15, 0.2) is 0 Å². The maximum atomic E-state index is 12.7. The van der Waals surface area contributed by atoms with Crippen LogP contribution in [0.5, 0.6) is 0 Å². The van der Waals surface area contributed by atoms with Crippen molar-refractivity contribution in [3.63, 3.8) is 0 Å². The van der Waals surface area contributed by atoms with Gasteiger partial charge in [-0.15, -0.1) is 0 Å². The molecule has 49 heavy (non-hydrogen) atoms. The van der Waals surface area contributed by atoms with Crippen LogP contribution in [0.4, 0.5) is 17.1 Å². The molecule has 0 amide bonds. The predicted octanol–water partition coefficient (Wildman–Crippen LogP) is 7.69. The van der Waals surface area contributed by atoms with Crippen molar-refractivity contribution in [2.75, 3.05) is 5.32 Å². The fourth-order valence-corrected chi connectivity index (χ4v) is 7.25. The van der Waals surface area contributed by atoms with Crippen molar-refractivity contribution in [1.82, 2.24) is 0 Å². The van der Waals surface area contributed by atoms with E-state index < -0.39 is 16.1 Å². The number of aliphatic carboxylic acids is 1. The number of hydrogen-bond acceptors (Lipinski definition) is 4. The minimum absolute atomic E-state index is 0.0199. The van der Waals surface area contributed by atoms with Gasteiger partial charge in [-0.2, -0.15) is 8.42 Å². The van der Waals surface area contributed by atoms with Gasteiger partial charge in [-0.1, -0.05) is 30.3 Å². The molecule has 4 aromatic carbocycles. The Morgan fingerprint density at radius 3 is 1.94 bits per heavy atom. The predicted molar refractivity (Wildman–Crippen MR) is 198 cm³/mol. The highest BCUT2D eigenvalue weighted by molar-refractivity contribution is 7.86. The number of carbonyl (C=O) groups is 1. The second kappa shape index (κ2) is 13.5. The molecule has 0 heterocycles. The number of carboxylic acid groups (broad SMARTS) is 1. The van der Waals surface area contributed by atoms with Crippen LogP contribution in [0.15, 0.2) is 88.9 Å². The number of nitrogens with one attached hydrogen (secondary N) is 2. The van der Waals surface area contributed by atoms with Crippen LogP contribution in [0.3, 0.4) is 0 Å². The van der Waals surface area contributed by atoms with Gasteiger partial charge in [-0.3, -0.25) is 4.55 Å². The third-order valence-electron chi connectivity index (χ3n) is 9.64. The smallest absolute Gasteiger partial charge is 0.342 e. The van der Waals surface area contributed by atoms with Crippen molar-refractivity contribution in [1.29, 1.82) is 0 Å². The van der Waals surface area contributed by atoms with Gasteiger partial charge >= 0.3 is 5.97 Å². The lowest BCUT2D eigenvalue weighted by molar-refractivity contribution is -0.353. The number of carboxylic acids is 1. The van der Waals surface area contributed by atoms with E-state index in [1.54, 1.807) is 37.3 Å². The van der Waals surface area contributed by atoms with E-state index >= 15 is 0 Å². The molecule has 4 aromatic rings. The molecule has 0 saturated heterocycles. The molecule has 0 bridgehead atoms. The first kappa shape index (κ1) is 35.3. The van der Waals surface area contributed by atoms with Crippen molar-refractivity contribution in [3.8, 4) is 0 Å². The largest absolute Gasteiger partial charge is 0.477 e. The number of hydrogen-bond donors (Lipinski definition) is 4. The summed E-state index contributed by atoms with van der Waals surface area (Å²) in [5.41, 5.74) is 14.6. The zero-order chi connectivity index (χ0) is 35.9. The highest BCUT2D eigenvalue weighted by Gasteiger charge is 2.27. The van der Waals surface area contributed by atoms with E-state index in [1.165, 1.54) is 17.2 Å². The van der Waals surface area contributed by atoms with Crippen molar-refractivity contribution in [3.05, 3.63) is 145 Å². The van der Waals surface area contributed by atoms with E-state index in [0.717, 1.165) is 50.4 Å². The van der Waals surface area contributed by atoms with Crippen molar-refractivity contribution in [2.45, 2.75) is 67.2 Å². The molecule has 0 fully saturated rings. The standard InChI is InChI=1S/C41H42N2O5S/c1-22-10-16-34(37(18-22)49(46,47)48)38(31-11-14-33(15-12-31)42-39-25(4)19-23(2)27(6)29(39)8)32-13-17-36(35(21-32)41(44)45)43-40-26(5)20-24(3)28(7)30(40)9/h10-21,42H,1-9H3,(H,44,45)(H,46,47,48)/p+1. The van der Waals surface area contributed by atoms with E-state index in [9.17, 15) is 22.9 Å². The summed E-state index contributed by atoms with van der Waals surface area (Å²) in [6, 6.07) is 16.6. The fraction of sp³-hybridized carbons (Fsp3) is 0.220. The zero-order valence-electron chi connectivity index (χ0n) is 29.5. The van der Waals surface area contributed by atoms with Gasteiger partial charge in [0.1, 0.15) is 10.5 Å². The first-order valence-corrected chi connectivity index (χ1v) is 17.5. The molecule has 0 unspecified atom stereocenters. The van der Waals surface area contributed by atoms with Gasteiger partial charge < -0.3 is 10.4 Å². The molecule has 4 N–H and O–H groups in total. The molecule has 0 saturated carbocycles. The lowest BCUT2D eigenvalue weighted by atomic mass is 9.88. The van der Waals surface area contributed by atoms with Crippen LogP contribution in [0.1, 0.15) is 61.2 Å². The molecule has 1 aliphatic rings. The average molecular weight is 676 g/mol. The third-order valence-corrected chi connectivity index (χ3v) is 10.5. The highest BCUT2D eigenvalue weighted by atomic mass is 32.2. The second-order valence-electron chi connectivity index (χ2n) is 13.0. The third kappa shape index (κ3) is 7.07. The lowest BCUT2D eigenvalue weighted by Crippen LogP contribution is -2.68. The summed E-state index contributed by atoms with van der Waals surface area (Å²) >= 11 is 0. The molecule has 0 radical (unpaired) electrons. The van der Waals surface area contributed by atoms with Crippen LogP contribution >= 0.6 is 0 Å². The Morgan fingerprint density at radius 2 is 1.33 bits per heavy atom. The Hall–Kier alpha value is -5.05. The maximum Gasteiger partial charge on any atom is 0.342 e. The summed E-state index contributed by atoms with van der Waals surface area (Å²) in [6.45, 7) is 18.2. The van der Waals surface area contributed by atoms with Crippen molar-refractivity contribution < 1.29 is 27.9 Å². The number of aryl methyl sites for hydroxylation is 5. The van der Waals surface area contributed by atoms with Crippen LogP contribution in [0.2, 0.25) is 0 Å². The van der Waals surface area contributed by atoms with Crippen LogP contribution in [-0.2, 0) is 14.9 Å². The monoisotopic (exact) mass is 675 g/mol. The summed E-state index contributed by atoms with van der Waals surface area (Å²) in [5, 5.41) is 14.0. The topological polar surface area (TPSA) is 118 Å². The first-order valence-electron chi connectivity index (χ1n) is 16.1. The lowest BCUT2D eigenvalue weighted by Gasteiger charge is -2.19. The second-order valence-corrected chi connectivity index (χ2v) is 14.4. The van der Waals surface area contributed by atoms with Crippen molar-refractivity contribution in [2.24, 2.45) is 0 Å². The van der Waals surface area contributed by atoms with E-state index in [2.05, 4.69) is 50.1 Å². The summed E-state index contributed by atoms with van der Waals surface area (Å²) < 4.78 is 35.8. The van der Waals surface area contributed by atoms with E-state index in [1.807, 2.05) is 52.0 Å². The van der Waals surface area contributed by atoms with E-state index in [0.29, 0.717) is 28.0 Å². The summed E-state index contributed by atoms with van der Waals surface area (Å²) in [7, 11) is -4.64. The molecule has 0 aromatic heterocycles. The van der Waals surface area contributed by atoms with E-state index in [-0.39, 0.29) is 16.0 Å². The Bertz CT molecular complexity index is 2270.